The summed E-state index contributed by atoms with van der Waals surface area (Å²) in [6.45, 7) is 0. The number of benzene rings is 8. The molecule has 268 valence electrons. The Morgan fingerprint density at radius 1 is 0.304 bits per heavy atom. The Morgan fingerprint density at radius 2 is 0.821 bits per heavy atom. The van der Waals surface area contributed by atoms with E-state index in [9.17, 15) is 0 Å². The van der Waals surface area contributed by atoms with Gasteiger partial charge in [-0.15, -0.1) is 0 Å². The minimum atomic E-state index is -0.144. The van der Waals surface area contributed by atoms with E-state index in [0.29, 0.717) is 0 Å². The van der Waals surface area contributed by atoms with Gasteiger partial charge in [0, 0.05) is 21.5 Å². The minimum absolute atomic E-state index is 0.0886. The third kappa shape index (κ3) is 5.78. The Bertz CT molecular complexity index is 3020. The van der Waals surface area contributed by atoms with E-state index in [1.165, 1.54) is 22.3 Å². The number of furan rings is 2. The zero-order valence-corrected chi connectivity index (χ0v) is 30.4. The summed E-state index contributed by atoms with van der Waals surface area (Å²) >= 11 is 0. The standard InChI is InChI=1S/C51H37N3O2/c1-3-11-32(12-4-1)33-21-23-34(24-22-33)36-25-27-46-43(30-36)48-40(18-10-20-47(48)56-46)37-15-9-16-38(29-37)50-52-49(35-13-5-2-6-14-35)53-51(54-50)39-26-28-45-42(31-39)41-17-7-8-19-44(41)55-45/h1-31,49-54H. The molecule has 11 rings (SSSR count). The van der Waals surface area contributed by atoms with Crippen LogP contribution in [-0.2, 0) is 0 Å². The van der Waals surface area contributed by atoms with Crippen molar-refractivity contribution in [3.63, 3.8) is 0 Å². The molecule has 0 amide bonds. The van der Waals surface area contributed by atoms with E-state index >= 15 is 0 Å². The molecule has 1 fully saturated rings. The van der Waals surface area contributed by atoms with E-state index in [4.69, 9.17) is 8.83 Å². The average Bonchev–Trinajstić information content (AvgIpc) is 3.85. The fraction of sp³-hybridized carbons (Fsp3) is 0.0588. The molecule has 10 aromatic rings. The zero-order chi connectivity index (χ0) is 37.0. The van der Waals surface area contributed by atoms with Gasteiger partial charge in [0.05, 0.1) is 18.5 Å². The molecule has 5 nitrogen and oxygen atoms in total. The zero-order valence-electron chi connectivity index (χ0n) is 30.4. The highest BCUT2D eigenvalue weighted by Crippen LogP contribution is 2.40. The topological polar surface area (TPSA) is 62.4 Å². The second-order valence-electron chi connectivity index (χ2n) is 14.6. The van der Waals surface area contributed by atoms with Gasteiger partial charge in [-0.2, -0.15) is 0 Å². The van der Waals surface area contributed by atoms with Gasteiger partial charge in [0.2, 0.25) is 0 Å². The fourth-order valence-electron chi connectivity index (χ4n) is 8.41. The molecule has 0 aliphatic carbocycles. The van der Waals surface area contributed by atoms with Crippen LogP contribution >= 0.6 is 0 Å². The first kappa shape index (κ1) is 32.7. The molecule has 0 bridgehead atoms. The van der Waals surface area contributed by atoms with Gasteiger partial charge < -0.3 is 8.83 Å². The molecule has 3 unspecified atom stereocenters. The summed E-state index contributed by atoms with van der Waals surface area (Å²) in [5, 5.41) is 16.1. The predicted molar refractivity (Wildman–Crippen MR) is 228 cm³/mol. The molecule has 8 aromatic carbocycles. The van der Waals surface area contributed by atoms with Crippen molar-refractivity contribution in [2.24, 2.45) is 0 Å². The summed E-state index contributed by atoms with van der Waals surface area (Å²) in [6.07, 6.45) is -0.363. The Hall–Kier alpha value is -6.76. The van der Waals surface area contributed by atoms with Crippen LogP contribution in [0.3, 0.4) is 0 Å². The van der Waals surface area contributed by atoms with Crippen molar-refractivity contribution in [2.45, 2.75) is 18.5 Å². The molecular weight excluding hydrogens is 687 g/mol. The van der Waals surface area contributed by atoms with Gasteiger partial charge in [-0.1, -0.05) is 146 Å². The Morgan fingerprint density at radius 3 is 1.62 bits per heavy atom. The lowest BCUT2D eigenvalue weighted by molar-refractivity contribution is 0.203. The number of hydrogen-bond acceptors (Lipinski definition) is 5. The highest BCUT2D eigenvalue weighted by atomic mass is 16.3. The van der Waals surface area contributed by atoms with E-state index in [1.54, 1.807) is 0 Å². The maximum Gasteiger partial charge on any atom is 0.136 e. The second kappa shape index (κ2) is 13.5. The molecule has 0 saturated carbocycles. The van der Waals surface area contributed by atoms with Crippen molar-refractivity contribution in [2.75, 3.05) is 0 Å². The molecule has 2 aromatic heterocycles. The number of rotatable bonds is 6. The molecule has 3 atom stereocenters. The van der Waals surface area contributed by atoms with Crippen molar-refractivity contribution in [1.82, 2.24) is 16.0 Å². The summed E-state index contributed by atoms with van der Waals surface area (Å²) in [5.74, 6) is 0. The van der Waals surface area contributed by atoms with Gasteiger partial charge >= 0.3 is 0 Å². The number of hydrogen-bond donors (Lipinski definition) is 3. The van der Waals surface area contributed by atoms with Crippen molar-refractivity contribution in [1.29, 1.82) is 0 Å². The van der Waals surface area contributed by atoms with Crippen molar-refractivity contribution >= 4 is 43.9 Å². The van der Waals surface area contributed by atoms with Crippen LogP contribution in [0.25, 0.3) is 77.3 Å². The monoisotopic (exact) mass is 723 g/mol. The lowest BCUT2D eigenvalue weighted by Gasteiger charge is -2.39. The van der Waals surface area contributed by atoms with Gasteiger partial charge in [0.15, 0.2) is 0 Å². The quantitative estimate of drug-likeness (QED) is 0.159. The maximum atomic E-state index is 6.47. The molecule has 5 heteroatoms. The van der Waals surface area contributed by atoms with E-state index in [-0.39, 0.29) is 18.5 Å². The van der Waals surface area contributed by atoms with Gasteiger partial charge in [-0.3, -0.25) is 16.0 Å². The largest absolute Gasteiger partial charge is 0.456 e. The number of fused-ring (bicyclic) bond motifs is 6. The molecule has 1 aliphatic rings. The van der Waals surface area contributed by atoms with Crippen LogP contribution < -0.4 is 16.0 Å². The van der Waals surface area contributed by atoms with Gasteiger partial charge in [0.1, 0.15) is 22.3 Å². The average molecular weight is 724 g/mol. The molecule has 0 radical (unpaired) electrons. The van der Waals surface area contributed by atoms with Crippen LogP contribution in [0.1, 0.15) is 35.2 Å². The summed E-state index contributed by atoms with van der Waals surface area (Å²) < 4.78 is 12.6. The van der Waals surface area contributed by atoms with Crippen LogP contribution in [0.2, 0.25) is 0 Å². The van der Waals surface area contributed by atoms with Crippen LogP contribution in [-0.4, -0.2) is 0 Å². The number of para-hydroxylation sites is 1. The Balaban J connectivity index is 0.963. The van der Waals surface area contributed by atoms with Crippen molar-refractivity contribution < 1.29 is 8.83 Å². The highest BCUT2D eigenvalue weighted by Gasteiger charge is 2.30. The van der Waals surface area contributed by atoms with Crippen LogP contribution in [0.15, 0.2) is 197 Å². The molecule has 56 heavy (non-hydrogen) atoms. The van der Waals surface area contributed by atoms with E-state index < -0.39 is 0 Å². The number of nitrogens with one attached hydrogen (secondary N) is 3. The smallest absolute Gasteiger partial charge is 0.136 e. The van der Waals surface area contributed by atoms with Crippen LogP contribution in [0.5, 0.6) is 0 Å². The SMILES string of the molecule is c1ccc(-c2ccc(-c3ccc4oc5cccc(-c6cccc(C7NC(c8ccccc8)NC(c8ccc9oc%10ccccc%10c9c8)N7)c6)c5c4c3)cc2)cc1. The minimum Gasteiger partial charge on any atom is -0.456 e. The normalized spacial score (nSPS) is 17.2. The predicted octanol–water partition coefficient (Wildman–Crippen LogP) is 12.7. The van der Waals surface area contributed by atoms with Crippen LogP contribution in [0.4, 0.5) is 0 Å². The first-order chi connectivity index (χ1) is 27.7. The van der Waals surface area contributed by atoms with Gasteiger partial charge in [-0.05, 0) is 92.5 Å². The third-order valence-corrected chi connectivity index (χ3v) is 11.2. The lowest BCUT2D eigenvalue weighted by atomic mass is 9.95. The highest BCUT2D eigenvalue weighted by molar-refractivity contribution is 6.13. The molecular formula is C51H37N3O2. The lowest BCUT2D eigenvalue weighted by Crippen LogP contribution is -2.54. The van der Waals surface area contributed by atoms with Gasteiger partial charge in [-0.25, -0.2) is 0 Å². The molecule has 0 spiro atoms. The maximum absolute atomic E-state index is 6.47. The first-order valence-electron chi connectivity index (χ1n) is 19.2. The Kier molecular flexibility index (Phi) is 7.88. The second-order valence-corrected chi connectivity index (χ2v) is 14.6. The summed E-state index contributed by atoms with van der Waals surface area (Å²) in [4.78, 5) is 0. The van der Waals surface area contributed by atoms with E-state index in [0.717, 1.165) is 71.7 Å². The van der Waals surface area contributed by atoms with Crippen molar-refractivity contribution in [3.05, 3.63) is 205 Å². The molecule has 3 heterocycles. The molecule has 3 N–H and O–H groups in total. The summed E-state index contributed by atoms with van der Waals surface area (Å²) in [5.41, 5.74) is 14.0. The third-order valence-electron chi connectivity index (χ3n) is 11.2. The van der Waals surface area contributed by atoms with Gasteiger partial charge in [0.25, 0.3) is 0 Å². The van der Waals surface area contributed by atoms with Crippen LogP contribution in [0, 0.1) is 0 Å². The Labute approximate surface area is 324 Å². The molecule has 1 saturated heterocycles. The van der Waals surface area contributed by atoms with Crippen molar-refractivity contribution in [3.8, 4) is 33.4 Å². The summed E-state index contributed by atoms with van der Waals surface area (Å²) in [7, 11) is 0. The molecule has 1 aliphatic heterocycles. The fourth-order valence-corrected chi connectivity index (χ4v) is 8.41. The first-order valence-corrected chi connectivity index (χ1v) is 19.2. The van der Waals surface area contributed by atoms with E-state index in [2.05, 4.69) is 192 Å². The van der Waals surface area contributed by atoms with E-state index in [1.807, 2.05) is 12.1 Å². The summed E-state index contributed by atoms with van der Waals surface area (Å²) in [6, 6.07) is 66.4.